The zero-order chi connectivity index (χ0) is 11.6. The molecule has 1 aliphatic carbocycles. The number of hydrogen-bond donors (Lipinski definition) is 3. The number of H-pyrrole nitrogens is 1. The molecule has 1 aromatic rings. The minimum atomic E-state index is 0.00767. The lowest BCUT2D eigenvalue weighted by Crippen LogP contribution is -2.26. The summed E-state index contributed by atoms with van der Waals surface area (Å²) in [7, 11) is 0. The Bertz CT molecular complexity index is 339. The highest BCUT2D eigenvalue weighted by molar-refractivity contribution is 7.99. The van der Waals surface area contributed by atoms with Crippen LogP contribution in [0.4, 0.5) is 5.95 Å². The predicted molar refractivity (Wildman–Crippen MR) is 66.6 cm³/mol. The molecule has 0 radical (unpaired) electrons. The molecule has 1 aliphatic rings. The Morgan fingerprint density at radius 2 is 2.19 bits per heavy atom. The summed E-state index contributed by atoms with van der Waals surface area (Å²) in [5.41, 5.74) is 0.00767. The first-order valence-electron chi connectivity index (χ1n) is 5.60. The van der Waals surface area contributed by atoms with Crippen molar-refractivity contribution in [3.05, 3.63) is 0 Å². The first-order valence-corrected chi connectivity index (χ1v) is 6.58. The van der Waals surface area contributed by atoms with Crippen LogP contribution in [0.2, 0.25) is 0 Å². The maximum Gasteiger partial charge on any atom is 0.219 e. The molecule has 0 saturated heterocycles. The number of nitrogens with zero attached hydrogens (tertiary/aromatic N) is 2. The van der Waals surface area contributed by atoms with Crippen LogP contribution < -0.4 is 10.6 Å². The van der Waals surface area contributed by atoms with Crippen molar-refractivity contribution < 1.29 is 0 Å². The predicted octanol–water partition coefficient (Wildman–Crippen LogP) is 1.82. The first-order chi connectivity index (χ1) is 7.53. The van der Waals surface area contributed by atoms with E-state index in [9.17, 15) is 0 Å². The lowest BCUT2D eigenvalue weighted by Gasteiger charge is -2.18. The number of rotatable bonds is 5. The number of hydrogen-bond acceptors (Lipinski definition) is 5. The number of anilines is 1. The Balaban J connectivity index is 1.77. The van der Waals surface area contributed by atoms with Crippen molar-refractivity contribution in [3.8, 4) is 0 Å². The van der Waals surface area contributed by atoms with E-state index in [1.807, 2.05) is 0 Å². The maximum atomic E-state index is 4.36. The second kappa shape index (κ2) is 4.63. The average molecular weight is 241 g/mol. The minimum absolute atomic E-state index is 0.00767. The van der Waals surface area contributed by atoms with Crippen LogP contribution >= 0.6 is 11.8 Å². The van der Waals surface area contributed by atoms with Crippen LogP contribution in [0.15, 0.2) is 5.16 Å². The SMILES string of the molecule is CC(C)(C)Nc1nc(SCNC2CC2)n[nH]1. The average Bonchev–Trinajstić information content (AvgIpc) is 2.86. The highest BCUT2D eigenvalue weighted by Crippen LogP contribution is 2.21. The molecule has 2 rings (SSSR count). The standard InChI is InChI=1S/C10H19N5S/c1-10(2,3)13-8-12-9(15-14-8)16-6-11-7-4-5-7/h7,11H,4-6H2,1-3H3,(H2,12,13,14,15). The Kier molecular flexibility index (Phi) is 3.39. The molecule has 1 fully saturated rings. The molecule has 16 heavy (non-hydrogen) atoms. The lowest BCUT2D eigenvalue weighted by atomic mass is 10.1. The molecule has 0 amide bonds. The van der Waals surface area contributed by atoms with Gasteiger partial charge in [0.1, 0.15) is 0 Å². The van der Waals surface area contributed by atoms with E-state index in [0.717, 1.165) is 23.0 Å². The summed E-state index contributed by atoms with van der Waals surface area (Å²) in [6.45, 7) is 6.28. The largest absolute Gasteiger partial charge is 0.350 e. The van der Waals surface area contributed by atoms with Gasteiger partial charge in [-0.05, 0) is 33.6 Å². The van der Waals surface area contributed by atoms with Crippen molar-refractivity contribution in [1.29, 1.82) is 0 Å². The van der Waals surface area contributed by atoms with Crippen molar-refractivity contribution in [2.75, 3.05) is 11.2 Å². The molecule has 0 aromatic carbocycles. The third-order valence-corrected chi connectivity index (χ3v) is 2.86. The van der Waals surface area contributed by atoms with Gasteiger partial charge in [0.05, 0.1) is 0 Å². The Morgan fingerprint density at radius 1 is 1.44 bits per heavy atom. The van der Waals surface area contributed by atoms with E-state index in [1.165, 1.54) is 12.8 Å². The van der Waals surface area contributed by atoms with Crippen molar-refractivity contribution >= 4 is 17.7 Å². The van der Waals surface area contributed by atoms with E-state index in [-0.39, 0.29) is 5.54 Å². The monoisotopic (exact) mass is 241 g/mol. The molecule has 1 heterocycles. The Labute approximate surface area is 100 Å². The van der Waals surface area contributed by atoms with Crippen molar-refractivity contribution in [2.24, 2.45) is 0 Å². The fraction of sp³-hybridized carbons (Fsp3) is 0.800. The molecular formula is C10H19N5S. The van der Waals surface area contributed by atoms with Gasteiger partial charge >= 0.3 is 0 Å². The van der Waals surface area contributed by atoms with E-state index in [2.05, 4.69) is 46.6 Å². The number of aromatic amines is 1. The molecule has 3 N–H and O–H groups in total. The van der Waals surface area contributed by atoms with E-state index >= 15 is 0 Å². The lowest BCUT2D eigenvalue weighted by molar-refractivity contribution is 0.626. The molecule has 0 spiro atoms. The highest BCUT2D eigenvalue weighted by Gasteiger charge is 2.20. The van der Waals surface area contributed by atoms with Gasteiger partial charge in [0.25, 0.3) is 0 Å². The van der Waals surface area contributed by atoms with Crippen LogP contribution in [0, 0.1) is 0 Å². The molecule has 0 bridgehead atoms. The molecule has 0 aliphatic heterocycles. The maximum absolute atomic E-state index is 4.36. The summed E-state index contributed by atoms with van der Waals surface area (Å²) in [6, 6.07) is 0.735. The van der Waals surface area contributed by atoms with Crippen LogP contribution in [0.25, 0.3) is 0 Å². The summed E-state index contributed by atoms with van der Waals surface area (Å²) in [4.78, 5) is 4.36. The molecular weight excluding hydrogens is 222 g/mol. The quantitative estimate of drug-likeness (QED) is 0.542. The summed E-state index contributed by atoms with van der Waals surface area (Å²) in [5, 5.41) is 14.5. The van der Waals surface area contributed by atoms with E-state index in [1.54, 1.807) is 11.8 Å². The molecule has 5 nitrogen and oxygen atoms in total. The summed E-state index contributed by atoms with van der Waals surface area (Å²) in [6.07, 6.45) is 2.62. The second-order valence-electron chi connectivity index (χ2n) is 5.11. The van der Waals surface area contributed by atoms with Crippen molar-refractivity contribution in [3.63, 3.8) is 0 Å². The van der Waals surface area contributed by atoms with Gasteiger partial charge in [-0.3, -0.25) is 0 Å². The van der Waals surface area contributed by atoms with Gasteiger partial charge in [-0.1, -0.05) is 11.8 Å². The molecule has 90 valence electrons. The summed E-state index contributed by atoms with van der Waals surface area (Å²) in [5.74, 6) is 1.62. The normalized spacial score (nSPS) is 16.4. The van der Waals surface area contributed by atoms with Gasteiger partial charge in [0.15, 0.2) is 0 Å². The Morgan fingerprint density at radius 3 is 2.81 bits per heavy atom. The highest BCUT2D eigenvalue weighted by atomic mass is 32.2. The summed E-state index contributed by atoms with van der Waals surface area (Å²) < 4.78 is 0. The molecule has 0 unspecified atom stereocenters. The fourth-order valence-corrected chi connectivity index (χ4v) is 1.95. The molecule has 0 atom stereocenters. The van der Waals surface area contributed by atoms with Gasteiger partial charge in [-0.15, -0.1) is 5.10 Å². The van der Waals surface area contributed by atoms with Crippen LogP contribution in [0.5, 0.6) is 0 Å². The number of aromatic nitrogens is 3. The van der Waals surface area contributed by atoms with Gasteiger partial charge in [0, 0.05) is 17.5 Å². The second-order valence-corrected chi connectivity index (χ2v) is 6.05. The zero-order valence-electron chi connectivity index (χ0n) is 10.0. The topological polar surface area (TPSA) is 65.6 Å². The van der Waals surface area contributed by atoms with Gasteiger partial charge in [-0.2, -0.15) is 4.98 Å². The number of nitrogens with one attached hydrogen (secondary N) is 3. The van der Waals surface area contributed by atoms with Crippen LogP contribution in [0.3, 0.4) is 0 Å². The van der Waals surface area contributed by atoms with Gasteiger partial charge in [-0.25, -0.2) is 5.10 Å². The van der Waals surface area contributed by atoms with Crippen molar-refractivity contribution in [2.45, 2.75) is 50.4 Å². The molecule has 1 saturated carbocycles. The van der Waals surface area contributed by atoms with E-state index in [0.29, 0.717) is 0 Å². The fourth-order valence-electron chi connectivity index (χ4n) is 1.23. The third kappa shape index (κ3) is 4.02. The van der Waals surface area contributed by atoms with Gasteiger partial charge < -0.3 is 10.6 Å². The van der Waals surface area contributed by atoms with Crippen molar-refractivity contribution in [1.82, 2.24) is 20.5 Å². The molecule has 6 heteroatoms. The smallest absolute Gasteiger partial charge is 0.219 e. The zero-order valence-corrected chi connectivity index (χ0v) is 10.8. The van der Waals surface area contributed by atoms with Crippen LogP contribution in [-0.2, 0) is 0 Å². The molecule has 1 aromatic heterocycles. The first kappa shape index (κ1) is 11.7. The van der Waals surface area contributed by atoms with Gasteiger partial charge in [0.2, 0.25) is 11.1 Å². The number of thioether (sulfide) groups is 1. The van der Waals surface area contributed by atoms with E-state index in [4.69, 9.17) is 0 Å². The van der Waals surface area contributed by atoms with Crippen LogP contribution in [0.1, 0.15) is 33.6 Å². The third-order valence-electron chi connectivity index (χ3n) is 2.11. The minimum Gasteiger partial charge on any atom is -0.350 e. The van der Waals surface area contributed by atoms with E-state index < -0.39 is 0 Å². The van der Waals surface area contributed by atoms with Crippen LogP contribution in [-0.4, -0.2) is 32.6 Å². The Hall–Kier alpha value is -0.750. The summed E-state index contributed by atoms with van der Waals surface area (Å²) >= 11 is 1.63.